The van der Waals surface area contributed by atoms with Crippen molar-refractivity contribution >= 4 is 39.0 Å². The molecule has 3 aromatic rings. The van der Waals surface area contributed by atoms with Crippen LogP contribution in [0.3, 0.4) is 0 Å². The summed E-state index contributed by atoms with van der Waals surface area (Å²) in [6, 6.07) is 7.57. The third-order valence-electron chi connectivity index (χ3n) is 6.23. The Morgan fingerprint density at radius 1 is 1.13 bits per heavy atom. The monoisotopic (exact) mass is 442 g/mol. The maximum Gasteiger partial charge on any atom is 0.141 e. The van der Waals surface area contributed by atoms with Gasteiger partial charge in [0.1, 0.15) is 29.3 Å². The van der Waals surface area contributed by atoms with Crippen molar-refractivity contribution < 1.29 is 4.74 Å². The van der Waals surface area contributed by atoms with Gasteiger partial charge in [0.05, 0.1) is 5.39 Å². The number of ether oxygens (including phenoxy) is 1. The van der Waals surface area contributed by atoms with E-state index >= 15 is 0 Å². The lowest BCUT2D eigenvalue weighted by molar-refractivity contribution is 0.200. The summed E-state index contributed by atoms with van der Waals surface area (Å²) in [4.78, 5) is 17.0. The smallest absolute Gasteiger partial charge is 0.141 e. The van der Waals surface area contributed by atoms with Crippen molar-refractivity contribution in [3.8, 4) is 5.75 Å². The first-order valence-electron chi connectivity index (χ1n) is 10.8. The van der Waals surface area contributed by atoms with Crippen molar-refractivity contribution in [2.75, 3.05) is 44.2 Å². The number of anilines is 1. The number of piperazine rings is 1. The van der Waals surface area contributed by atoms with Gasteiger partial charge in [-0.2, -0.15) is 0 Å². The van der Waals surface area contributed by atoms with E-state index in [1.165, 1.54) is 28.7 Å². The van der Waals surface area contributed by atoms with Crippen molar-refractivity contribution in [1.29, 1.82) is 0 Å². The molecule has 1 aliphatic heterocycles. The lowest BCUT2D eigenvalue weighted by Crippen LogP contribution is -2.47. The highest BCUT2D eigenvalue weighted by atomic mass is 35.5. The second-order valence-electron chi connectivity index (χ2n) is 8.36. The largest absolute Gasteiger partial charge is 0.492 e. The molecule has 0 amide bonds. The van der Waals surface area contributed by atoms with Crippen molar-refractivity contribution in [2.45, 2.75) is 26.2 Å². The third kappa shape index (κ3) is 4.13. The molecule has 2 aromatic heterocycles. The quantitative estimate of drug-likeness (QED) is 0.574. The molecule has 3 heterocycles. The number of aryl methyl sites for hydroxylation is 1. The molecule has 0 saturated carbocycles. The molecular weight excluding hydrogens is 416 g/mol. The van der Waals surface area contributed by atoms with E-state index in [0.717, 1.165) is 66.5 Å². The molecule has 158 valence electrons. The van der Waals surface area contributed by atoms with Crippen LogP contribution >= 0.6 is 22.9 Å². The fourth-order valence-corrected chi connectivity index (χ4v) is 5.82. The van der Waals surface area contributed by atoms with Crippen LogP contribution in [0.5, 0.6) is 5.75 Å². The van der Waals surface area contributed by atoms with Crippen molar-refractivity contribution in [3.05, 3.63) is 46.1 Å². The number of aromatic nitrogens is 2. The molecular formula is C23H27ClN4OS. The van der Waals surface area contributed by atoms with Crippen LogP contribution in [-0.4, -0.2) is 54.2 Å². The zero-order chi connectivity index (χ0) is 20.5. The average Bonchev–Trinajstić information content (AvgIpc) is 3.14. The summed E-state index contributed by atoms with van der Waals surface area (Å²) in [5, 5.41) is 2.06. The van der Waals surface area contributed by atoms with Gasteiger partial charge >= 0.3 is 0 Å². The number of hydrogen-bond acceptors (Lipinski definition) is 6. The van der Waals surface area contributed by atoms with E-state index in [9.17, 15) is 0 Å². The zero-order valence-electron chi connectivity index (χ0n) is 17.3. The number of halogens is 1. The van der Waals surface area contributed by atoms with Gasteiger partial charge in [0.2, 0.25) is 0 Å². The summed E-state index contributed by atoms with van der Waals surface area (Å²) in [6.07, 6.45) is 5.39. The van der Waals surface area contributed by atoms with Gasteiger partial charge in [0.15, 0.2) is 0 Å². The molecule has 7 heteroatoms. The molecule has 1 aliphatic carbocycles. The first kappa shape index (κ1) is 20.0. The van der Waals surface area contributed by atoms with E-state index < -0.39 is 0 Å². The predicted molar refractivity (Wildman–Crippen MR) is 124 cm³/mol. The van der Waals surface area contributed by atoms with Crippen LogP contribution in [0.15, 0.2) is 30.6 Å². The molecule has 1 unspecified atom stereocenters. The summed E-state index contributed by atoms with van der Waals surface area (Å²) < 4.78 is 5.86. The molecule has 5 rings (SSSR count). The van der Waals surface area contributed by atoms with E-state index in [2.05, 4.69) is 21.7 Å². The molecule has 1 atom stereocenters. The number of nitrogens with zero attached hydrogens (tertiary/aromatic N) is 4. The predicted octanol–water partition coefficient (Wildman–Crippen LogP) is 4.67. The fourth-order valence-electron chi connectivity index (χ4n) is 4.51. The highest BCUT2D eigenvalue weighted by Crippen LogP contribution is 2.40. The second kappa shape index (κ2) is 8.69. The Morgan fingerprint density at radius 2 is 1.93 bits per heavy atom. The molecule has 30 heavy (non-hydrogen) atoms. The molecule has 2 aliphatic rings. The molecule has 1 saturated heterocycles. The van der Waals surface area contributed by atoms with E-state index in [1.54, 1.807) is 6.33 Å². The molecule has 1 fully saturated rings. The standard InChI is InChI=1S/C23H27ClN4OS/c1-16-2-7-20-19(14-16)21-22(25-15-26-23(21)30-20)28-10-8-27(9-11-28)12-13-29-18-5-3-17(24)4-6-18/h3-6,15-16H,2,7-14H2,1H3. The van der Waals surface area contributed by atoms with Crippen molar-refractivity contribution in [2.24, 2.45) is 5.92 Å². The first-order valence-corrected chi connectivity index (χ1v) is 12.0. The summed E-state index contributed by atoms with van der Waals surface area (Å²) >= 11 is 7.81. The normalized spacial score (nSPS) is 19.8. The van der Waals surface area contributed by atoms with Crippen molar-refractivity contribution in [1.82, 2.24) is 14.9 Å². The Morgan fingerprint density at radius 3 is 2.73 bits per heavy atom. The Balaban J connectivity index is 1.22. The maximum atomic E-state index is 5.93. The van der Waals surface area contributed by atoms with Crippen LogP contribution in [-0.2, 0) is 12.8 Å². The van der Waals surface area contributed by atoms with Gasteiger partial charge < -0.3 is 9.64 Å². The lowest BCUT2D eigenvalue weighted by Gasteiger charge is -2.35. The van der Waals surface area contributed by atoms with Gasteiger partial charge in [0, 0.05) is 42.6 Å². The molecule has 1 aromatic carbocycles. The molecule has 0 spiro atoms. The summed E-state index contributed by atoms with van der Waals surface area (Å²) in [5.74, 6) is 2.77. The topological polar surface area (TPSA) is 41.5 Å². The lowest BCUT2D eigenvalue weighted by atomic mass is 9.88. The Bertz CT molecular complexity index is 1010. The van der Waals surface area contributed by atoms with E-state index in [4.69, 9.17) is 21.3 Å². The van der Waals surface area contributed by atoms with Gasteiger partial charge in [-0.15, -0.1) is 11.3 Å². The minimum absolute atomic E-state index is 0.690. The van der Waals surface area contributed by atoms with E-state index in [0.29, 0.717) is 6.61 Å². The van der Waals surface area contributed by atoms with Crippen LogP contribution in [0.1, 0.15) is 23.8 Å². The number of thiophene rings is 1. The summed E-state index contributed by atoms with van der Waals surface area (Å²) in [6.45, 7) is 8.02. The van der Waals surface area contributed by atoms with Crippen molar-refractivity contribution in [3.63, 3.8) is 0 Å². The Labute approximate surface area is 186 Å². The van der Waals surface area contributed by atoms with Gasteiger partial charge in [-0.25, -0.2) is 9.97 Å². The molecule has 5 nitrogen and oxygen atoms in total. The molecule has 0 N–H and O–H groups in total. The van der Waals surface area contributed by atoms with Crippen LogP contribution < -0.4 is 9.64 Å². The van der Waals surface area contributed by atoms with E-state index in [1.807, 2.05) is 35.6 Å². The molecule has 0 bridgehead atoms. The van der Waals surface area contributed by atoms with Crippen LogP contribution in [0.25, 0.3) is 10.2 Å². The first-order chi connectivity index (χ1) is 14.7. The Hall–Kier alpha value is -1.89. The second-order valence-corrected chi connectivity index (χ2v) is 9.88. The highest BCUT2D eigenvalue weighted by Gasteiger charge is 2.26. The third-order valence-corrected chi connectivity index (χ3v) is 7.68. The zero-order valence-corrected chi connectivity index (χ0v) is 18.9. The highest BCUT2D eigenvalue weighted by molar-refractivity contribution is 7.19. The minimum atomic E-state index is 0.690. The van der Waals surface area contributed by atoms with Gasteiger partial charge in [-0.05, 0) is 55.0 Å². The number of hydrogen-bond donors (Lipinski definition) is 0. The van der Waals surface area contributed by atoms with Crippen LogP contribution in [0, 0.1) is 5.92 Å². The van der Waals surface area contributed by atoms with Crippen LogP contribution in [0.4, 0.5) is 5.82 Å². The van der Waals surface area contributed by atoms with E-state index in [-0.39, 0.29) is 0 Å². The summed E-state index contributed by atoms with van der Waals surface area (Å²) in [5.41, 5.74) is 1.52. The minimum Gasteiger partial charge on any atom is -0.492 e. The van der Waals surface area contributed by atoms with Gasteiger partial charge in [-0.3, -0.25) is 4.90 Å². The summed E-state index contributed by atoms with van der Waals surface area (Å²) in [7, 11) is 0. The van der Waals surface area contributed by atoms with Gasteiger partial charge in [0.25, 0.3) is 0 Å². The number of fused-ring (bicyclic) bond motifs is 3. The van der Waals surface area contributed by atoms with Gasteiger partial charge in [-0.1, -0.05) is 18.5 Å². The molecule has 0 radical (unpaired) electrons. The van der Waals surface area contributed by atoms with Crippen LogP contribution in [0.2, 0.25) is 5.02 Å². The SMILES string of the molecule is CC1CCc2sc3ncnc(N4CCN(CCOc5ccc(Cl)cc5)CC4)c3c2C1. The average molecular weight is 443 g/mol. The fraction of sp³-hybridized carbons (Fsp3) is 0.478. The maximum absolute atomic E-state index is 5.93. The number of benzene rings is 1. The number of rotatable bonds is 5. The Kier molecular flexibility index (Phi) is 5.81.